The topological polar surface area (TPSA) is 29.3 Å². The summed E-state index contributed by atoms with van der Waals surface area (Å²) in [7, 11) is 2.21. The monoisotopic (exact) mass is 282 g/mol. The summed E-state index contributed by atoms with van der Waals surface area (Å²) in [6.07, 6.45) is 3.70. The molecule has 0 aliphatic heterocycles. The van der Waals surface area contributed by atoms with Gasteiger partial charge in [0.1, 0.15) is 0 Å². The fourth-order valence-electron chi connectivity index (χ4n) is 2.59. The average Bonchev–Trinajstić information content (AvgIpc) is 2.79. The first kappa shape index (κ1) is 16.7. The third kappa shape index (κ3) is 6.55. The van der Waals surface area contributed by atoms with Crippen molar-refractivity contribution in [1.82, 2.24) is 4.90 Å². The second kappa shape index (κ2) is 8.03. The summed E-state index contributed by atoms with van der Waals surface area (Å²) in [4.78, 5) is 2.42. The molecular formula is C16H30N2S. The predicted molar refractivity (Wildman–Crippen MR) is 86.5 cm³/mol. The highest BCUT2D eigenvalue weighted by Crippen LogP contribution is 2.32. The molecule has 2 nitrogen and oxygen atoms in total. The van der Waals surface area contributed by atoms with Gasteiger partial charge in [-0.1, -0.05) is 20.8 Å². The maximum absolute atomic E-state index is 5.74. The standard InChI is InChI=1S/C16H30N2S/c1-16(2,3)15(7-9-17)6-5-10-18(4)12-14-8-11-19-13-14/h8,11,13,15H,5-7,9-10,12,17H2,1-4H3. The molecular weight excluding hydrogens is 252 g/mol. The van der Waals surface area contributed by atoms with Crippen LogP contribution in [0.15, 0.2) is 16.8 Å². The Morgan fingerprint density at radius 1 is 1.32 bits per heavy atom. The number of thiophene rings is 1. The molecule has 3 heteroatoms. The third-order valence-electron chi connectivity index (χ3n) is 3.86. The first-order valence-electron chi connectivity index (χ1n) is 7.33. The molecule has 0 radical (unpaired) electrons. The second-order valence-electron chi connectivity index (χ2n) is 6.65. The summed E-state index contributed by atoms with van der Waals surface area (Å²) in [6.45, 7) is 10.1. The van der Waals surface area contributed by atoms with Gasteiger partial charge in [0.25, 0.3) is 0 Å². The smallest absolute Gasteiger partial charge is 0.0238 e. The molecule has 1 atom stereocenters. The summed E-state index contributed by atoms with van der Waals surface area (Å²) in [6, 6.07) is 2.22. The van der Waals surface area contributed by atoms with Crippen molar-refractivity contribution < 1.29 is 0 Å². The maximum Gasteiger partial charge on any atom is 0.0238 e. The molecule has 0 fully saturated rings. The van der Waals surface area contributed by atoms with E-state index in [-0.39, 0.29) is 0 Å². The maximum atomic E-state index is 5.74. The molecule has 0 aliphatic rings. The molecule has 110 valence electrons. The molecule has 2 N–H and O–H groups in total. The van der Waals surface area contributed by atoms with Gasteiger partial charge in [-0.25, -0.2) is 0 Å². The van der Waals surface area contributed by atoms with Crippen molar-refractivity contribution in [3.05, 3.63) is 22.4 Å². The first-order valence-corrected chi connectivity index (χ1v) is 8.27. The van der Waals surface area contributed by atoms with Crippen LogP contribution in [-0.2, 0) is 6.54 Å². The van der Waals surface area contributed by atoms with E-state index < -0.39 is 0 Å². The van der Waals surface area contributed by atoms with Crippen LogP contribution in [0.5, 0.6) is 0 Å². The summed E-state index contributed by atoms with van der Waals surface area (Å²) >= 11 is 1.78. The quantitative estimate of drug-likeness (QED) is 0.781. The molecule has 0 aliphatic carbocycles. The highest BCUT2D eigenvalue weighted by Gasteiger charge is 2.23. The normalized spacial score (nSPS) is 14.0. The SMILES string of the molecule is CN(CCCC(CCN)C(C)(C)C)Cc1ccsc1. The van der Waals surface area contributed by atoms with Gasteiger partial charge in [-0.3, -0.25) is 0 Å². The van der Waals surface area contributed by atoms with Crippen LogP contribution in [-0.4, -0.2) is 25.0 Å². The van der Waals surface area contributed by atoms with Gasteiger partial charge in [0.15, 0.2) is 0 Å². The molecule has 0 spiro atoms. The Balaban J connectivity index is 2.27. The van der Waals surface area contributed by atoms with E-state index in [9.17, 15) is 0 Å². The Kier molecular flexibility index (Phi) is 7.05. The summed E-state index contributed by atoms with van der Waals surface area (Å²) in [5, 5.41) is 4.39. The molecule has 1 rings (SSSR count). The van der Waals surface area contributed by atoms with Crippen molar-refractivity contribution in [1.29, 1.82) is 0 Å². The average molecular weight is 282 g/mol. The zero-order valence-electron chi connectivity index (χ0n) is 13.0. The number of hydrogen-bond donors (Lipinski definition) is 1. The van der Waals surface area contributed by atoms with Crippen LogP contribution >= 0.6 is 11.3 Å². The largest absolute Gasteiger partial charge is 0.330 e. The number of hydrogen-bond acceptors (Lipinski definition) is 3. The van der Waals surface area contributed by atoms with E-state index in [1.807, 2.05) is 0 Å². The van der Waals surface area contributed by atoms with E-state index in [0.717, 1.165) is 25.4 Å². The van der Waals surface area contributed by atoms with Gasteiger partial charge in [-0.05, 0) is 73.1 Å². The Hall–Kier alpha value is -0.380. The molecule has 0 saturated carbocycles. The van der Waals surface area contributed by atoms with Gasteiger partial charge in [0.2, 0.25) is 0 Å². The molecule has 1 aromatic rings. The van der Waals surface area contributed by atoms with E-state index in [1.165, 1.54) is 24.9 Å². The minimum Gasteiger partial charge on any atom is -0.330 e. The fraction of sp³-hybridized carbons (Fsp3) is 0.750. The fourth-order valence-corrected chi connectivity index (χ4v) is 3.25. The Bertz CT molecular complexity index is 327. The van der Waals surface area contributed by atoms with Crippen molar-refractivity contribution in [3.63, 3.8) is 0 Å². The Labute approximate surface area is 123 Å². The Morgan fingerprint density at radius 2 is 2.05 bits per heavy atom. The molecule has 0 saturated heterocycles. The molecule has 19 heavy (non-hydrogen) atoms. The first-order chi connectivity index (χ1) is 8.93. The summed E-state index contributed by atoms with van der Waals surface area (Å²) in [5.41, 5.74) is 7.55. The highest BCUT2D eigenvalue weighted by molar-refractivity contribution is 7.07. The van der Waals surface area contributed by atoms with Gasteiger partial charge >= 0.3 is 0 Å². The van der Waals surface area contributed by atoms with Crippen molar-refractivity contribution in [2.45, 2.75) is 46.6 Å². The summed E-state index contributed by atoms with van der Waals surface area (Å²) < 4.78 is 0. The zero-order chi connectivity index (χ0) is 14.3. The van der Waals surface area contributed by atoms with Crippen LogP contribution < -0.4 is 5.73 Å². The van der Waals surface area contributed by atoms with Crippen molar-refractivity contribution in [3.8, 4) is 0 Å². The number of nitrogens with two attached hydrogens (primary N) is 1. The van der Waals surface area contributed by atoms with Gasteiger partial charge in [-0.15, -0.1) is 0 Å². The molecule has 1 unspecified atom stereocenters. The Morgan fingerprint density at radius 3 is 2.58 bits per heavy atom. The number of rotatable bonds is 8. The molecule has 1 heterocycles. The minimum atomic E-state index is 0.380. The van der Waals surface area contributed by atoms with Gasteiger partial charge in [0.05, 0.1) is 0 Å². The highest BCUT2D eigenvalue weighted by atomic mass is 32.1. The number of nitrogens with zero attached hydrogens (tertiary/aromatic N) is 1. The van der Waals surface area contributed by atoms with E-state index in [0.29, 0.717) is 5.41 Å². The van der Waals surface area contributed by atoms with Crippen molar-refractivity contribution in [2.24, 2.45) is 17.1 Å². The van der Waals surface area contributed by atoms with Crippen molar-refractivity contribution in [2.75, 3.05) is 20.1 Å². The molecule has 0 bridgehead atoms. The predicted octanol–water partition coefficient (Wildman–Crippen LogP) is 3.97. The van der Waals surface area contributed by atoms with E-state index in [2.05, 4.69) is 49.5 Å². The van der Waals surface area contributed by atoms with Crippen LogP contribution in [0.2, 0.25) is 0 Å². The van der Waals surface area contributed by atoms with Gasteiger partial charge in [0, 0.05) is 6.54 Å². The van der Waals surface area contributed by atoms with Crippen LogP contribution in [0.25, 0.3) is 0 Å². The van der Waals surface area contributed by atoms with Gasteiger partial charge in [-0.2, -0.15) is 11.3 Å². The lowest BCUT2D eigenvalue weighted by Crippen LogP contribution is -2.25. The van der Waals surface area contributed by atoms with E-state index in [1.54, 1.807) is 11.3 Å². The van der Waals surface area contributed by atoms with Gasteiger partial charge < -0.3 is 10.6 Å². The van der Waals surface area contributed by atoms with Crippen LogP contribution in [0.1, 0.15) is 45.6 Å². The lowest BCUT2D eigenvalue weighted by molar-refractivity contribution is 0.199. The third-order valence-corrected chi connectivity index (χ3v) is 4.60. The molecule has 0 amide bonds. The van der Waals surface area contributed by atoms with Crippen LogP contribution in [0.4, 0.5) is 0 Å². The van der Waals surface area contributed by atoms with Crippen LogP contribution in [0, 0.1) is 11.3 Å². The van der Waals surface area contributed by atoms with E-state index in [4.69, 9.17) is 5.73 Å². The zero-order valence-corrected chi connectivity index (χ0v) is 13.8. The minimum absolute atomic E-state index is 0.380. The molecule has 1 aromatic heterocycles. The van der Waals surface area contributed by atoms with Crippen LogP contribution in [0.3, 0.4) is 0 Å². The molecule has 0 aromatic carbocycles. The summed E-state index contributed by atoms with van der Waals surface area (Å²) in [5.74, 6) is 0.743. The lowest BCUT2D eigenvalue weighted by Gasteiger charge is -2.31. The lowest BCUT2D eigenvalue weighted by atomic mass is 9.76. The van der Waals surface area contributed by atoms with E-state index >= 15 is 0 Å². The second-order valence-corrected chi connectivity index (χ2v) is 7.43. The van der Waals surface area contributed by atoms with Crippen molar-refractivity contribution >= 4 is 11.3 Å².